The van der Waals surface area contributed by atoms with Crippen LogP contribution in [0.1, 0.15) is 12.0 Å². The molecule has 23 heavy (non-hydrogen) atoms. The van der Waals surface area contributed by atoms with Crippen molar-refractivity contribution < 1.29 is 14.3 Å². The lowest BCUT2D eigenvalue weighted by atomic mass is 9.81. The lowest BCUT2D eigenvalue weighted by Gasteiger charge is -2.41. The number of piperidine rings is 1. The second-order valence-electron chi connectivity index (χ2n) is 6.73. The maximum absolute atomic E-state index is 13.0. The SMILES string of the molecule is O=C([C@@H]1CN(Cc2ccsc2)C[C@H]2OCC[C@H]21)N1CCOCC1. The van der Waals surface area contributed by atoms with E-state index in [1.807, 2.05) is 4.90 Å². The first kappa shape index (κ1) is 15.6. The van der Waals surface area contributed by atoms with Gasteiger partial charge in [-0.25, -0.2) is 0 Å². The molecule has 3 saturated heterocycles. The maximum Gasteiger partial charge on any atom is 0.227 e. The number of likely N-dealkylation sites (tertiary alicyclic amines) is 1. The highest BCUT2D eigenvalue weighted by Gasteiger charge is 2.45. The average molecular weight is 336 g/mol. The Bertz CT molecular complexity index is 530. The lowest BCUT2D eigenvalue weighted by molar-refractivity contribution is -0.146. The van der Waals surface area contributed by atoms with Gasteiger partial charge < -0.3 is 14.4 Å². The molecule has 1 aromatic rings. The van der Waals surface area contributed by atoms with Crippen molar-refractivity contribution in [1.82, 2.24) is 9.80 Å². The van der Waals surface area contributed by atoms with Gasteiger partial charge in [0.15, 0.2) is 0 Å². The Labute approximate surface area is 141 Å². The monoisotopic (exact) mass is 336 g/mol. The van der Waals surface area contributed by atoms with Gasteiger partial charge in [-0.1, -0.05) is 0 Å². The summed E-state index contributed by atoms with van der Waals surface area (Å²) in [5.74, 6) is 0.779. The summed E-state index contributed by atoms with van der Waals surface area (Å²) in [6.45, 7) is 6.33. The van der Waals surface area contributed by atoms with Gasteiger partial charge in [0.25, 0.3) is 0 Å². The molecule has 3 atom stereocenters. The van der Waals surface area contributed by atoms with Crippen LogP contribution in [0.5, 0.6) is 0 Å². The van der Waals surface area contributed by atoms with Crippen molar-refractivity contribution >= 4 is 17.2 Å². The fourth-order valence-electron chi connectivity index (χ4n) is 4.11. The summed E-state index contributed by atoms with van der Waals surface area (Å²) in [7, 11) is 0. The molecule has 3 fully saturated rings. The summed E-state index contributed by atoms with van der Waals surface area (Å²) >= 11 is 1.73. The van der Waals surface area contributed by atoms with Crippen LogP contribution in [0.4, 0.5) is 0 Å². The third-order valence-electron chi connectivity index (χ3n) is 5.30. The van der Waals surface area contributed by atoms with E-state index in [-0.39, 0.29) is 12.0 Å². The Morgan fingerprint density at radius 3 is 2.91 bits per heavy atom. The number of rotatable bonds is 3. The van der Waals surface area contributed by atoms with Gasteiger partial charge in [-0.2, -0.15) is 11.3 Å². The molecule has 0 spiro atoms. The van der Waals surface area contributed by atoms with Gasteiger partial charge in [0.2, 0.25) is 5.91 Å². The standard InChI is InChI=1S/C17H24N2O3S/c20-17(19-3-6-21-7-4-19)15-10-18(9-13-2-8-23-12-13)11-16-14(15)1-5-22-16/h2,8,12,14-16H,1,3-7,9-11H2/t14-,15+,16+/m0/s1. The quantitative estimate of drug-likeness (QED) is 0.838. The smallest absolute Gasteiger partial charge is 0.227 e. The van der Waals surface area contributed by atoms with Crippen molar-refractivity contribution in [3.05, 3.63) is 22.4 Å². The summed E-state index contributed by atoms with van der Waals surface area (Å²) in [5, 5.41) is 4.31. The molecule has 1 amide bonds. The molecule has 0 radical (unpaired) electrons. The van der Waals surface area contributed by atoms with E-state index in [9.17, 15) is 4.79 Å². The van der Waals surface area contributed by atoms with Crippen LogP contribution < -0.4 is 0 Å². The second kappa shape index (κ2) is 6.89. The van der Waals surface area contributed by atoms with Crippen LogP contribution >= 0.6 is 11.3 Å². The van der Waals surface area contributed by atoms with Crippen LogP contribution in [0.15, 0.2) is 16.8 Å². The largest absolute Gasteiger partial charge is 0.378 e. The van der Waals surface area contributed by atoms with Crippen molar-refractivity contribution in [1.29, 1.82) is 0 Å². The van der Waals surface area contributed by atoms with Crippen LogP contribution in [0, 0.1) is 11.8 Å². The molecular formula is C17H24N2O3S. The predicted molar refractivity (Wildman–Crippen MR) is 88.3 cm³/mol. The van der Waals surface area contributed by atoms with Crippen molar-refractivity contribution in [3.63, 3.8) is 0 Å². The second-order valence-corrected chi connectivity index (χ2v) is 7.51. The minimum atomic E-state index is 0.0768. The van der Waals surface area contributed by atoms with Gasteiger partial charge in [0, 0.05) is 45.2 Å². The van der Waals surface area contributed by atoms with Gasteiger partial charge >= 0.3 is 0 Å². The molecule has 0 N–H and O–H groups in total. The fraction of sp³-hybridized carbons (Fsp3) is 0.706. The Morgan fingerprint density at radius 2 is 2.13 bits per heavy atom. The summed E-state index contributed by atoms with van der Waals surface area (Å²) in [4.78, 5) is 17.4. The average Bonchev–Trinajstić information content (AvgIpc) is 3.26. The number of morpholine rings is 1. The molecule has 126 valence electrons. The molecule has 3 aliphatic heterocycles. The number of thiophene rings is 1. The Hall–Kier alpha value is -0.950. The topological polar surface area (TPSA) is 42.0 Å². The van der Waals surface area contributed by atoms with E-state index >= 15 is 0 Å². The zero-order valence-electron chi connectivity index (χ0n) is 13.4. The molecule has 0 aliphatic carbocycles. The number of fused-ring (bicyclic) bond motifs is 1. The van der Waals surface area contributed by atoms with Crippen LogP contribution in [0.2, 0.25) is 0 Å². The van der Waals surface area contributed by atoms with E-state index in [0.717, 1.165) is 45.8 Å². The van der Waals surface area contributed by atoms with Crippen LogP contribution in [0.3, 0.4) is 0 Å². The molecule has 3 aliphatic rings. The third-order valence-corrected chi connectivity index (χ3v) is 6.03. The van der Waals surface area contributed by atoms with E-state index in [2.05, 4.69) is 21.7 Å². The number of carbonyl (C=O) groups is 1. The first-order chi connectivity index (χ1) is 11.3. The van der Waals surface area contributed by atoms with Gasteiger partial charge in [0.1, 0.15) is 0 Å². The molecule has 4 heterocycles. The van der Waals surface area contributed by atoms with E-state index in [1.54, 1.807) is 11.3 Å². The van der Waals surface area contributed by atoms with Gasteiger partial charge in [-0.3, -0.25) is 9.69 Å². The van der Waals surface area contributed by atoms with Crippen LogP contribution in [0.25, 0.3) is 0 Å². The molecule has 0 unspecified atom stereocenters. The maximum atomic E-state index is 13.0. The summed E-state index contributed by atoms with van der Waals surface area (Å²) in [6.07, 6.45) is 1.25. The first-order valence-electron chi connectivity index (χ1n) is 8.53. The highest BCUT2D eigenvalue weighted by Crippen LogP contribution is 2.35. The summed E-state index contributed by atoms with van der Waals surface area (Å²) in [5.41, 5.74) is 1.34. The number of carbonyl (C=O) groups excluding carboxylic acids is 1. The summed E-state index contributed by atoms with van der Waals surface area (Å²) < 4.78 is 11.3. The molecule has 0 bridgehead atoms. The van der Waals surface area contributed by atoms with E-state index in [1.165, 1.54) is 5.56 Å². The minimum absolute atomic E-state index is 0.0768. The predicted octanol–water partition coefficient (Wildman–Crippen LogP) is 1.44. The third kappa shape index (κ3) is 3.31. The highest BCUT2D eigenvalue weighted by atomic mass is 32.1. The van der Waals surface area contributed by atoms with Crippen LogP contribution in [-0.2, 0) is 20.8 Å². The Kier molecular flexibility index (Phi) is 4.66. The minimum Gasteiger partial charge on any atom is -0.378 e. The molecular weight excluding hydrogens is 312 g/mol. The molecule has 6 heteroatoms. The highest BCUT2D eigenvalue weighted by molar-refractivity contribution is 7.07. The summed E-state index contributed by atoms with van der Waals surface area (Å²) in [6, 6.07) is 2.17. The molecule has 0 saturated carbocycles. The van der Waals surface area contributed by atoms with Crippen LogP contribution in [-0.4, -0.2) is 67.8 Å². The number of ether oxygens (including phenoxy) is 2. The lowest BCUT2D eigenvalue weighted by Crippen LogP contribution is -2.54. The Balaban J connectivity index is 1.47. The van der Waals surface area contributed by atoms with Crippen molar-refractivity contribution in [2.45, 2.75) is 19.1 Å². The van der Waals surface area contributed by atoms with Gasteiger partial charge in [-0.15, -0.1) is 0 Å². The van der Waals surface area contributed by atoms with Crippen molar-refractivity contribution in [2.24, 2.45) is 11.8 Å². The zero-order valence-corrected chi connectivity index (χ0v) is 14.2. The van der Waals surface area contributed by atoms with Gasteiger partial charge in [-0.05, 0) is 28.8 Å². The number of amides is 1. The zero-order chi connectivity index (χ0) is 15.6. The normalized spacial score (nSPS) is 32.0. The fourth-order valence-corrected chi connectivity index (χ4v) is 4.77. The molecule has 4 rings (SSSR count). The number of hydrogen-bond acceptors (Lipinski definition) is 5. The van der Waals surface area contributed by atoms with Crippen molar-refractivity contribution in [3.8, 4) is 0 Å². The van der Waals surface area contributed by atoms with E-state index in [0.29, 0.717) is 25.0 Å². The number of nitrogens with zero attached hydrogens (tertiary/aromatic N) is 2. The first-order valence-corrected chi connectivity index (χ1v) is 9.47. The molecule has 1 aromatic heterocycles. The molecule has 0 aromatic carbocycles. The van der Waals surface area contributed by atoms with E-state index in [4.69, 9.17) is 9.47 Å². The molecule has 5 nitrogen and oxygen atoms in total. The number of hydrogen-bond donors (Lipinski definition) is 0. The van der Waals surface area contributed by atoms with Crippen molar-refractivity contribution in [2.75, 3.05) is 46.0 Å². The van der Waals surface area contributed by atoms with Gasteiger partial charge in [0.05, 0.1) is 25.2 Å². The Morgan fingerprint density at radius 1 is 1.26 bits per heavy atom. The van der Waals surface area contributed by atoms with E-state index < -0.39 is 0 Å².